The molecule has 1 saturated heterocycles. The molecule has 1 aliphatic rings. The maximum atomic E-state index is 13.3. The lowest BCUT2D eigenvalue weighted by Gasteiger charge is -2.28. The van der Waals surface area contributed by atoms with Gasteiger partial charge in [0.2, 0.25) is 0 Å². The number of rotatable bonds is 1. The average Bonchev–Trinajstić information content (AvgIpc) is 2.51. The Hall–Kier alpha value is -1.14. The Labute approximate surface area is 115 Å². The summed E-state index contributed by atoms with van der Waals surface area (Å²) >= 11 is 0. The highest BCUT2D eigenvalue weighted by Crippen LogP contribution is 2.37. The summed E-state index contributed by atoms with van der Waals surface area (Å²) in [5.74, 6) is -1.31. The third-order valence-corrected chi connectivity index (χ3v) is 3.85. The number of aliphatic hydroxyl groups is 1. The first-order valence-corrected chi connectivity index (χ1v) is 6.50. The van der Waals surface area contributed by atoms with E-state index in [-0.39, 0.29) is 5.56 Å². The first kappa shape index (κ1) is 15.3. The van der Waals surface area contributed by atoms with Gasteiger partial charge in [-0.05, 0) is 50.6 Å². The van der Waals surface area contributed by atoms with Gasteiger partial charge in [0.1, 0.15) is 5.82 Å². The standard InChI is InChI=1S/C14H17F4NO/c1-19-7-2-5-13(20,6-8-19)10-3-4-12(15)11(9-10)14(16,17)18/h3-4,9,20H,2,5-8H2,1H3. The van der Waals surface area contributed by atoms with Crippen LogP contribution in [0.2, 0.25) is 0 Å². The van der Waals surface area contributed by atoms with Crippen molar-refractivity contribution in [1.29, 1.82) is 0 Å². The molecule has 0 aromatic heterocycles. The summed E-state index contributed by atoms with van der Waals surface area (Å²) in [6.07, 6.45) is -3.35. The van der Waals surface area contributed by atoms with E-state index in [0.29, 0.717) is 25.8 Å². The smallest absolute Gasteiger partial charge is 0.385 e. The zero-order valence-corrected chi connectivity index (χ0v) is 11.2. The largest absolute Gasteiger partial charge is 0.419 e. The van der Waals surface area contributed by atoms with Crippen LogP contribution in [0.3, 0.4) is 0 Å². The fourth-order valence-electron chi connectivity index (χ4n) is 2.57. The summed E-state index contributed by atoms with van der Waals surface area (Å²) in [4.78, 5) is 2.02. The van der Waals surface area contributed by atoms with Crippen LogP contribution < -0.4 is 0 Å². The van der Waals surface area contributed by atoms with Crippen molar-refractivity contribution in [2.75, 3.05) is 20.1 Å². The summed E-state index contributed by atoms with van der Waals surface area (Å²) in [7, 11) is 1.90. The molecule has 2 nitrogen and oxygen atoms in total. The second-order valence-corrected chi connectivity index (χ2v) is 5.38. The van der Waals surface area contributed by atoms with Crippen molar-refractivity contribution < 1.29 is 22.7 Å². The minimum Gasteiger partial charge on any atom is -0.385 e. The Balaban J connectivity index is 2.37. The molecule has 6 heteroatoms. The molecule has 1 atom stereocenters. The number of nitrogens with zero attached hydrogens (tertiary/aromatic N) is 1. The number of benzene rings is 1. The monoisotopic (exact) mass is 291 g/mol. The molecular formula is C14H17F4NO. The maximum absolute atomic E-state index is 13.3. The van der Waals surface area contributed by atoms with Gasteiger partial charge in [0, 0.05) is 6.54 Å². The number of hydrogen-bond donors (Lipinski definition) is 1. The first-order valence-electron chi connectivity index (χ1n) is 6.50. The van der Waals surface area contributed by atoms with E-state index in [2.05, 4.69) is 0 Å². The number of alkyl halides is 3. The molecule has 2 rings (SSSR count). The molecule has 112 valence electrons. The van der Waals surface area contributed by atoms with Gasteiger partial charge in [-0.3, -0.25) is 0 Å². The third-order valence-electron chi connectivity index (χ3n) is 3.85. The van der Waals surface area contributed by atoms with E-state index in [9.17, 15) is 22.7 Å². The van der Waals surface area contributed by atoms with Gasteiger partial charge in [0.25, 0.3) is 0 Å². The van der Waals surface area contributed by atoms with Crippen LogP contribution in [0.4, 0.5) is 17.6 Å². The summed E-state index contributed by atoms with van der Waals surface area (Å²) in [5.41, 5.74) is -2.50. The molecule has 0 amide bonds. The normalized spacial score (nSPS) is 25.5. The van der Waals surface area contributed by atoms with Crippen molar-refractivity contribution in [2.45, 2.75) is 31.0 Å². The van der Waals surface area contributed by atoms with Crippen molar-refractivity contribution in [3.63, 3.8) is 0 Å². The van der Waals surface area contributed by atoms with Gasteiger partial charge in [0.15, 0.2) is 0 Å². The van der Waals surface area contributed by atoms with Crippen LogP contribution in [0.25, 0.3) is 0 Å². The third kappa shape index (κ3) is 3.12. The molecule has 1 N–H and O–H groups in total. The van der Waals surface area contributed by atoms with E-state index in [1.165, 1.54) is 6.07 Å². The molecule has 0 saturated carbocycles. The van der Waals surface area contributed by atoms with Crippen molar-refractivity contribution in [3.8, 4) is 0 Å². The van der Waals surface area contributed by atoms with Crippen LogP contribution >= 0.6 is 0 Å². The molecular weight excluding hydrogens is 274 g/mol. The Kier molecular flexibility index (Phi) is 4.07. The van der Waals surface area contributed by atoms with Gasteiger partial charge < -0.3 is 10.0 Å². The quantitative estimate of drug-likeness (QED) is 0.804. The summed E-state index contributed by atoms with van der Waals surface area (Å²) in [6, 6.07) is 2.77. The molecule has 1 unspecified atom stereocenters. The Bertz CT molecular complexity index is 489. The van der Waals surface area contributed by atoms with Gasteiger partial charge in [-0.2, -0.15) is 13.2 Å². The van der Waals surface area contributed by atoms with Gasteiger partial charge in [-0.1, -0.05) is 6.07 Å². The van der Waals surface area contributed by atoms with Crippen molar-refractivity contribution in [1.82, 2.24) is 4.90 Å². The minimum absolute atomic E-state index is 0.140. The van der Waals surface area contributed by atoms with Crippen LogP contribution in [-0.2, 0) is 11.8 Å². The Morgan fingerprint density at radius 2 is 1.90 bits per heavy atom. The summed E-state index contributed by atoms with van der Waals surface area (Å²) in [5, 5.41) is 10.6. The second kappa shape index (κ2) is 5.33. The van der Waals surface area contributed by atoms with E-state index in [0.717, 1.165) is 18.7 Å². The molecule has 1 aliphatic heterocycles. The molecule has 0 aliphatic carbocycles. The molecule has 0 bridgehead atoms. The maximum Gasteiger partial charge on any atom is 0.419 e. The van der Waals surface area contributed by atoms with Crippen LogP contribution in [0.5, 0.6) is 0 Å². The van der Waals surface area contributed by atoms with Gasteiger partial charge in [-0.25, -0.2) is 4.39 Å². The Morgan fingerprint density at radius 1 is 1.20 bits per heavy atom. The van der Waals surface area contributed by atoms with E-state index >= 15 is 0 Å². The first-order chi connectivity index (χ1) is 9.22. The highest BCUT2D eigenvalue weighted by atomic mass is 19.4. The van der Waals surface area contributed by atoms with E-state index in [1.54, 1.807) is 0 Å². The van der Waals surface area contributed by atoms with Crippen LogP contribution in [0, 0.1) is 5.82 Å². The molecule has 1 heterocycles. The van der Waals surface area contributed by atoms with Crippen molar-refractivity contribution in [3.05, 3.63) is 35.1 Å². The minimum atomic E-state index is -4.75. The lowest BCUT2D eigenvalue weighted by atomic mass is 9.86. The topological polar surface area (TPSA) is 23.5 Å². The molecule has 1 fully saturated rings. The zero-order valence-electron chi connectivity index (χ0n) is 11.2. The molecule has 0 radical (unpaired) electrons. The zero-order chi connectivity index (χ0) is 15.0. The van der Waals surface area contributed by atoms with Crippen LogP contribution in [-0.4, -0.2) is 30.1 Å². The van der Waals surface area contributed by atoms with Crippen molar-refractivity contribution in [2.24, 2.45) is 0 Å². The van der Waals surface area contributed by atoms with Crippen LogP contribution in [0.1, 0.15) is 30.4 Å². The number of likely N-dealkylation sites (tertiary alicyclic amines) is 1. The van der Waals surface area contributed by atoms with Crippen molar-refractivity contribution >= 4 is 0 Å². The summed E-state index contributed by atoms with van der Waals surface area (Å²) in [6.45, 7) is 1.38. The number of hydrogen-bond acceptors (Lipinski definition) is 2. The fourth-order valence-corrected chi connectivity index (χ4v) is 2.57. The highest BCUT2D eigenvalue weighted by Gasteiger charge is 2.37. The predicted molar refractivity (Wildman–Crippen MR) is 66.6 cm³/mol. The van der Waals surface area contributed by atoms with E-state index in [4.69, 9.17) is 0 Å². The Morgan fingerprint density at radius 3 is 2.55 bits per heavy atom. The van der Waals surface area contributed by atoms with E-state index in [1.807, 2.05) is 11.9 Å². The lowest BCUT2D eigenvalue weighted by Crippen LogP contribution is -2.28. The summed E-state index contributed by atoms with van der Waals surface area (Å²) < 4.78 is 51.5. The molecule has 0 spiro atoms. The second-order valence-electron chi connectivity index (χ2n) is 5.38. The molecule has 1 aromatic carbocycles. The lowest BCUT2D eigenvalue weighted by molar-refractivity contribution is -0.140. The van der Waals surface area contributed by atoms with Gasteiger partial charge >= 0.3 is 6.18 Å². The molecule has 1 aromatic rings. The highest BCUT2D eigenvalue weighted by molar-refractivity contribution is 5.31. The average molecular weight is 291 g/mol. The van der Waals surface area contributed by atoms with Crippen LogP contribution in [0.15, 0.2) is 18.2 Å². The predicted octanol–water partition coefficient (Wildman–Crippen LogP) is 3.15. The van der Waals surface area contributed by atoms with Gasteiger partial charge in [-0.15, -0.1) is 0 Å². The van der Waals surface area contributed by atoms with E-state index < -0.39 is 23.2 Å². The fraction of sp³-hybridized carbons (Fsp3) is 0.571. The SMILES string of the molecule is CN1CCCC(O)(c2ccc(F)c(C(F)(F)F)c2)CC1. The van der Waals surface area contributed by atoms with Gasteiger partial charge in [0.05, 0.1) is 11.2 Å². The molecule has 20 heavy (non-hydrogen) atoms. The number of halogens is 4.